The molecule has 0 saturated heterocycles. The lowest BCUT2D eigenvalue weighted by Gasteiger charge is -2.30. The normalized spacial score (nSPS) is 14.9. The Morgan fingerprint density at radius 3 is 2.52 bits per heavy atom. The number of carboxylic acid groups (broad SMARTS) is 1. The first-order chi connectivity index (χ1) is 12.9. The Balaban J connectivity index is 1.82. The van der Waals surface area contributed by atoms with Crippen molar-refractivity contribution in [1.29, 1.82) is 0 Å². The summed E-state index contributed by atoms with van der Waals surface area (Å²) in [6.07, 6.45) is 0.327. The van der Waals surface area contributed by atoms with Crippen LogP contribution in [0.25, 0.3) is 10.9 Å². The van der Waals surface area contributed by atoms with E-state index in [1.165, 1.54) is 28.6 Å². The Labute approximate surface area is 161 Å². The van der Waals surface area contributed by atoms with Crippen LogP contribution in [0.2, 0.25) is 5.02 Å². The first-order valence-electron chi connectivity index (χ1n) is 8.25. The lowest BCUT2D eigenvalue weighted by molar-refractivity contribution is -0.254. The highest BCUT2D eigenvalue weighted by Crippen LogP contribution is 2.30. The molecule has 6 nitrogen and oxygen atoms in total. The standard InChI is InChI=1S/C19H15ClN2O4S/c20-12-5-7-13(8-6-12)27(25,26)22-10-9-17-15(11-22)18(19(23)24)14-3-1-2-4-16(14)21-17/h1-8H,9-11H2,(H,23,24)/p-1. The molecule has 2 heterocycles. The molecule has 0 unspecified atom stereocenters. The van der Waals surface area contributed by atoms with Crippen LogP contribution in [-0.4, -0.2) is 30.2 Å². The van der Waals surface area contributed by atoms with Gasteiger partial charge in [-0.2, -0.15) is 4.31 Å². The number of hydrogen-bond acceptors (Lipinski definition) is 5. The van der Waals surface area contributed by atoms with Crippen LogP contribution >= 0.6 is 11.6 Å². The third-order valence-corrected chi connectivity index (χ3v) is 6.78. The number of benzene rings is 2. The van der Waals surface area contributed by atoms with Crippen LogP contribution in [0.1, 0.15) is 21.6 Å². The number of rotatable bonds is 3. The Kier molecular flexibility index (Phi) is 4.38. The zero-order valence-corrected chi connectivity index (χ0v) is 15.6. The Morgan fingerprint density at radius 2 is 1.81 bits per heavy atom. The summed E-state index contributed by atoms with van der Waals surface area (Å²) < 4.78 is 27.2. The second kappa shape index (κ2) is 6.60. The molecule has 1 aliphatic heterocycles. The number of para-hydroxylation sites is 1. The summed E-state index contributed by atoms with van der Waals surface area (Å²) >= 11 is 5.84. The minimum Gasteiger partial charge on any atom is -0.545 e. The van der Waals surface area contributed by atoms with Gasteiger partial charge in [-0.25, -0.2) is 8.42 Å². The number of aromatic carboxylic acids is 1. The van der Waals surface area contributed by atoms with E-state index in [0.29, 0.717) is 33.6 Å². The first kappa shape index (κ1) is 17.9. The van der Waals surface area contributed by atoms with Gasteiger partial charge in [0, 0.05) is 41.2 Å². The van der Waals surface area contributed by atoms with Crippen LogP contribution < -0.4 is 5.11 Å². The molecule has 0 radical (unpaired) electrons. The number of nitrogens with zero attached hydrogens (tertiary/aromatic N) is 2. The number of carbonyl (C=O) groups excluding carboxylic acids is 1. The number of aromatic nitrogens is 1. The molecule has 8 heteroatoms. The number of sulfonamides is 1. The van der Waals surface area contributed by atoms with Crippen molar-refractivity contribution in [3.05, 3.63) is 70.4 Å². The summed E-state index contributed by atoms with van der Waals surface area (Å²) in [4.78, 5) is 16.5. The summed E-state index contributed by atoms with van der Waals surface area (Å²) in [7, 11) is -3.78. The van der Waals surface area contributed by atoms with Gasteiger partial charge in [0.05, 0.1) is 16.4 Å². The van der Waals surface area contributed by atoms with Gasteiger partial charge >= 0.3 is 0 Å². The molecular formula is C19H14ClN2O4S-. The minimum atomic E-state index is -3.78. The summed E-state index contributed by atoms with van der Waals surface area (Å²) in [6, 6.07) is 12.8. The van der Waals surface area contributed by atoms with E-state index in [1.54, 1.807) is 24.3 Å². The van der Waals surface area contributed by atoms with E-state index in [-0.39, 0.29) is 23.5 Å². The molecule has 0 amide bonds. The molecule has 138 valence electrons. The molecule has 0 fully saturated rings. The monoisotopic (exact) mass is 401 g/mol. The maximum Gasteiger partial charge on any atom is 0.243 e. The number of halogens is 1. The molecule has 0 aliphatic carbocycles. The lowest BCUT2D eigenvalue weighted by atomic mass is 9.97. The zero-order valence-electron chi connectivity index (χ0n) is 14.1. The van der Waals surface area contributed by atoms with Gasteiger partial charge in [-0.15, -0.1) is 0 Å². The number of fused-ring (bicyclic) bond motifs is 2. The van der Waals surface area contributed by atoms with Gasteiger partial charge in [0.2, 0.25) is 10.0 Å². The maximum atomic E-state index is 13.0. The minimum absolute atomic E-state index is 0.00612. The molecule has 0 saturated carbocycles. The fourth-order valence-electron chi connectivity index (χ4n) is 3.36. The van der Waals surface area contributed by atoms with Gasteiger partial charge in [-0.1, -0.05) is 29.8 Å². The number of carboxylic acids is 1. The van der Waals surface area contributed by atoms with Crippen LogP contribution in [0.15, 0.2) is 53.4 Å². The Hall–Kier alpha value is -2.48. The summed E-state index contributed by atoms with van der Waals surface area (Å²) in [5, 5.41) is 12.7. The van der Waals surface area contributed by atoms with E-state index in [0.717, 1.165) is 0 Å². The van der Waals surface area contributed by atoms with Crippen molar-refractivity contribution in [2.75, 3.05) is 6.54 Å². The van der Waals surface area contributed by atoms with Crippen LogP contribution in [-0.2, 0) is 23.0 Å². The molecule has 0 N–H and O–H groups in total. The molecule has 0 atom stereocenters. The smallest absolute Gasteiger partial charge is 0.243 e. The average molecular weight is 402 g/mol. The van der Waals surface area contributed by atoms with Crippen LogP contribution in [0.3, 0.4) is 0 Å². The van der Waals surface area contributed by atoms with Crippen molar-refractivity contribution in [3.63, 3.8) is 0 Å². The van der Waals surface area contributed by atoms with Crippen molar-refractivity contribution in [2.24, 2.45) is 0 Å². The van der Waals surface area contributed by atoms with E-state index >= 15 is 0 Å². The lowest BCUT2D eigenvalue weighted by Crippen LogP contribution is -2.38. The molecule has 3 aromatic rings. The highest BCUT2D eigenvalue weighted by atomic mass is 35.5. The topological polar surface area (TPSA) is 90.4 Å². The molecule has 4 rings (SSSR count). The van der Waals surface area contributed by atoms with Gasteiger partial charge in [0.15, 0.2) is 0 Å². The summed E-state index contributed by atoms with van der Waals surface area (Å²) in [6.45, 7) is 0.150. The Bertz CT molecular complexity index is 1160. The van der Waals surface area contributed by atoms with Crippen LogP contribution in [0, 0.1) is 0 Å². The molecule has 2 aromatic carbocycles. The molecule has 27 heavy (non-hydrogen) atoms. The van der Waals surface area contributed by atoms with Crippen LogP contribution in [0.5, 0.6) is 0 Å². The highest BCUT2D eigenvalue weighted by molar-refractivity contribution is 7.89. The first-order valence-corrected chi connectivity index (χ1v) is 10.1. The third-order valence-electron chi connectivity index (χ3n) is 4.67. The van der Waals surface area contributed by atoms with Crippen LogP contribution in [0.4, 0.5) is 0 Å². The van der Waals surface area contributed by atoms with E-state index < -0.39 is 16.0 Å². The van der Waals surface area contributed by atoms with Crippen molar-refractivity contribution in [1.82, 2.24) is 9.29 Å². The Morgan fingerprint density at radius 1 is 1.11 bits per heavy atom. The SMILES string of the molecule is O=C([O-])c1c2c(nc3ccccc13)CCN(S(=O)(=O)c1ccc(Cl)cc1)C2. The molecule has 1 aliphatic rings. The molecule has 1 aromatic heterocycles. The van der Waals surface area contributed by atoms with Gasteiger partial charge in [0.1, 0.15) is 0 Å². The van der Waals surface area contributed by atoms with E-state index in [1.807, 2.05) is 0 Å². The van der Waals surface area contributed by atoms with Gasteiger partial charge in [-0.05, 0) is 35.9 Å². The van der Waals surface area contributed by atoms with E-state index in [2.05, 4.69) is 4.98 Å². The summed E-state index contributed by atoms with van der Waals surface area (Å²) in [5.74, 6) is -1.34. The highest BCUT2D eigenvalue weighted by Gasteiger charge is 2.31. The largest absolute Gasteiger partial charge is 0.545 e. The van der Waals surface area contributed by atoms with Crippen molar-refractivity contribution >= 4 is 38.5 Å². The average Bonchev–Trinajstić information content (AvgIpc) is 2.65. The fraction of sp³-hybridized carbons (Fsp3) is 0.158. The van der Waals surface area contributed by atoms with Gasteiger partial charge in [-0.3, -0.25) is 4.98 Å². The second-order valence-electron chi connectivity index (χ2n) is 6.26. The second-order valence-corrected chi connectivity index (χ2v) is 8.63. The number of carbonyl (C=O) groups is 1. The van der Waals surface area contributed by atoms with Gasteiger partial charge < -0.3 is 9.90 Å². The van der Waals surface area contributed by atoms with E-state index in [9.17, 15) is 18.3 Å². The van der Waals surface area contributed by atoms with E-state index in [4.69, 9.17) is 11.6 Å². The van der Waals surface area contributed by atoms with Crippen molar-refractivity contribution in [3.8, 4) is 0 Å². The predicted molar refractivity (Wildman–Crippen MR) is 98.8 cm³/mol. The fourth-order valence-corrected chi connectivity index (χ4v) is 4.89. The zero-order chi connectivity index (χ0) is 19.2. The third kappa shape index (κ3) is 3.07. The molecule has 0 bridgehead atoms. The molecular weight excluding hydrogens is 388 g/mol. The summed E-state index contributed by atoms with van der Waals surface area (Å²) in [5.41, 5.74) is 1.55. The van der Waals surface area contributed by atoms with Gasteiger partial charge in [0.25, 0.3) is 0 Å². The van der Waals surface area contributed by atoms with Crippen molar-refractivity contribution in [2.45, 2.75) is 17.9 Å². The predicted octanol–water partition coefficient (Wildman–Crippen LogP) is 2.00. The van der Waals surface area contributed by atoms with Crippen molar-refractivity contribution < 1.29 is 18.3 Å². The quantitative estimate of drug-likeness (QED) is 0.669. The number of pyridine rings is 1. The molecule has 0 spiro atoms. The maximum absolute atomic E-state index is 13.0. The number of hydrogen-bond donors (Lipinski definition) is 0.